The second-order valence-corrected chi connectivity index (χ2v) is 5.64. The van der Waals surface area contributed by atoms with Crippen molar-refractivity contribution in [3.8, 4) is 0 Å². The van der Waals surface area contributed by atoms with E-state index in [9.17, 15) is 9.59 Å². The van der Waals surface area contributed by atoms with E-state index in [0.29, 0.717) is 23.1 Å². The molecular weight excluding hydrogens is 254 g/mol. The van der Waals surface area contributed by atoms with Crippen LogP contribution in [0.2, 0.25) is 0 Å². The summed E-state index contributed by atoms with van der Waals surface area (Å²) in [6, 6.07) is 3.26. The monoisotopic (exact) mass is 275 g/mol. The van der Waals surface area contributed by atoms with Gasteiger partial charge in [-0.1, -0.05) is 26.7 Å². The Morgan fingerprint density at radius 1 is 1.30 bits per heavy atom. The summed E-state index contributed by atoms with van der Waals surface area (Å²) in [6.07, 6.45) is 4.71. The van der Waals surface area contributed by atoms with E-state index in [1.54, 1.807) is 0 Å². The number of aromatic nitrogens is 1. The third-order valence-electron chi connectivity index (χ3n) is 4.30. The fourth-order valence-electron chi connectivity index (χ4n) is 2.70. The van der Waals surface area contributed by atoms with Crippen molar-refractivity contribution in [2.75, 3.05) is 0 Å². The standard InChI is InChI=1S/C15H21N3O2/c1-9-4-3-5-12(10(9)2)18-15(20)13-7-6-11(8-17-13)14(16)19/h6-10,12H,3-5H2,1-2H3,(H2,16,19)(H,18,20). The van der Waals surface area contributed by atoms with Crippen LogP contribution in [0.25, 0.3) is 0 Å². The van der Waals surface area contributed by atoms with Crippen molar-refractivity contribution in [1.29, 1.82) is 0 Å². The molecule has 0 radical (unpaired) electrons. The lowest BCUT2D eigenvalue weighted by Crippen LogP contribution is -2.43. The average molecular weight is 275 g/mol. The number of amides is 2. The van der Waals surface area contributed by atoms with Crippen LogP contribution in [0.1, 0.15) is 54.0 Å². The Kier molecular flexibility index (Phi) is 4.37. The zero-order valence-corrected chi connectivity index (χ0v) is 11.9. The number of hydrogen-bond donors (Lipinski definition) is 2. The second-order valence-electron chi connectivity index (χ2n) is 5.64. The van der Waals surface area contributed by atoms with Crippen molar-refractivity contribution >= 4 is 11.8 Å². The van der Waals surface area contributed by atoms with Gasteiger partial charge in [0, 0.05) is 12.2 Å². The quantitative estimate of drug-likeness (QED) is 0.881. The molecule has 1 saturated carbocycles. The normalized spacial score (nSPS) is 26.0. The highest BCUT2D eigenvalue weighted by Gasteiger charge is 2.28. The average Bonchev–Trinajstić information content (AvgIpc) is 2.44. The van der Waals surface area contributed by atoms with Gasteiger partial charge in [-0.15, -0.1) is 0 Å². The Hall–Kier alpha value is -1.91. The molecule has 20 heavy (non-hydrogen) atoms. The molecule has 3 atom stereocenters. The molecule has 108 valence electrons. The Labute approximate surface area is 119 Å². The zero-order chi connectivity index (χ0) is 14.7. The summed E-state index contributed by atoms with van der Waals surface area (Å²) < 4.78 is 0. The van der Waals surface area contributed by atoms with E-state index in [1.165, 1.54) is 24.8 Å². The molecule has 5 heteroatoms. The number of primary amides is 1. The molecule has 3 N–H and O–H groups in total. The molecule has 0 aromatic carbocycles. The molecule has 1 aromatic heterocycles. The summed E-state index contributed by atoms with van der Waals surface area (Å²) >= 11 is 0. The van der Waals surface area contributed by atoms with Gasteiger partial charge >= 0.3 is 0 Å². The van der Waals surface area contributed by atoms with Crippen molar-refractivity contribution in [2.24, 2.45) is 17.6 Å². The molecule has 1 aliphatic rings. The van der Waals surface area contributed by atoms with Crippen LogP contribution in [0.4, 0.5) is 0 Å². The van der Waals surface area contributed by atoms with Gasteiger partial charge in [-0.25, -0.2) is 0 Å². The molecule has 1 aromatic rings. The van der Waals surface area contributed by atoms with Crippen molar-refractivity contribution < 1.29 is 9.59 Å². The molecule has 1 aliphatic carbocycles. The molecule has 1 heterocycles. The zero-order valence-electron chi connectivity index (χ0n) is 11.9. The van der Waals surface area contributed by atoms with Gasteiger partial charge < -0.3 is 11.1 Å². The lowest BCUT2D eigenvalue weighted by molar-refractivity contribution is 0.0884. The van der Waals surface area contributed by atoms with E-state index in [0.717, 1.165) is 12.8 Å². The number of carbonyl (C=O) groups is 2. The predicted molar refractivity (Wildman–Crippen MR) is 76.2 cm³/mol. The molecule has 2 amide bonds. The lowest BCUT2D eigenvalue weighted by atomic mass is 9.78. The first-order valence-corrected chi connectivity index (χ1v) is 7.05. The van der Waals surface area contributed by atoms with Crippen LogP contribution >= 0.6 is 0 Å². The number of rotatable bonds is 3. The molecule has 3 unspecified atom stereocenters. The van der Waals surface area contributed by atoms with E-state index in [1.807, 2.05) is 0 Å². The molecule has 0 saturated heterocycles. The Morgan fingerprint density at radius 2 is 2.05 bits per heavy atom. The van der Waals surface area contributed by atoms with Crippen LogP contribution < -0.4 is 11.1 Å². The molecule has 0 aliphatic heterocycles. The van der Waals surface area contributed by atoms with Gasteiger partial charge in [0.05, 0.1) is 5.56 Å². The summed E-state index contributed by atoms with van der Waals surface area (Å²) in [5.74, 6) is 0.364. The van der Waals surface area contributed by atoms with Crippen LogP contribution in [-0.2, 0) is 0 Å². The summed E-state index contributed by atoms with van der Waals surface area (Å²) in [7, 11) is 0. The third-order valence-corrected chi connectivity index (χ3v) is 4.30. The Morgan fingerprint density at radius 3 is 2.65 bits per heavy atom. The van der Waals surface area contributed by atoms with Gasteiger partial charge in [0.2, 0.25) is 5.91 Å². The maximum Gasteiger partial charge on any atom is 0.270 e. The number of hydrogen-bond acceptors (Lipinski definition) is 3. The summed E-state index contributed by atoms with van der Waals surface area (Å²) in [5, 5.41) is 3.05. The molecule has 2 rings (SSSR count). The Bertz CT molecular complexity index is 498. The van der Waals surface area contributed by atoms with E-state index < -0.39 is 5.91 Å². The van der Waals surface area contributed by atoms with E-state index in [-0.39, 0.29) is 11.9 Å². The minimum atomic E-state index is -0.542. The molecular formula is C15H21N3O2. The number of nitrogens with one attached hydrogen (secondary N) is 1. The number of nitrogens with two attached hydrogens (primary N) is 1. The number of carbonyl (C=O) groups excluding carboxylic acids is 2. The van der Waals surface area contributed by atoms with Gasteiger partial charge in [-0.05, 0) is 30.4 Å². The fourth-order valence-corrected chi connectivity index (χ4v) is 2.70. The summed E-state index contributed by atoms with van der Waals surface area (Å²) in [6.45, 7) is 4.40. The van der Waals surface area contributed by atoms with Crippen molar-refractivity contribution in [3.05, 3.63) is 29.6 Å². The van der Waals surface area contributed by atoms with Gasteiger partial charge in [0.25, 0.3) is 5.91 Å². The predicted octanol–water partition coefficient (Wildman–Crippen LogP) is 1.73. The van der Waals surface area contributed by atoms with E-state index in [2.05, 4.69) is 24.1 Å². The largest absolute Gasteiger partial charge is 0.366 e. The molecule has 5 nitrogen and oxygen atoms in total. The highest BCUT2D eigenvalue weighted by Crippen LogP contribution is 2.29. The fraction of sp³-hybridized carbons (Fsp3) is 0.533. The maximum atomic E-state index is 12.2. The van der Waals surface area contributed by atoms with Crippen LogP contribution in [0.5, 0.6) is 0 Å². The van der Waals surface area contributed by atoms with E-state index >= 15 is 0 Å². The molecule has 0 spiro atoms. The van der Waals surface area contributed by atoms with Crippen molar-refractivity contribution in [1.82, 2.24) is 10.3 Å². The lowest BCUT2D eigenvalue weighted by Gasteiger charge is -2.34. The highest BCUT2D eigenvalue weighted by atomic mass is 16.2. The SMILES string of the molecule is CC1CCCC(NC(=O)c2ccc(C(N)=O)cn2)C1C. The van der Waals surface area contributed by atoms with Crippen LogP contribution in [-0.4, -0.2) is 22.8 Å². The summed E-state index contributed by atoms with van der Waals surface area (Å²) in [4.78, 5) is 27.1. The molecule has 1 fully saturated rings. The molecule has 0 bridgehead atoms. The topological polar surface area (TPSA) is 85.1 Å². The van der Waals surface area contributed by atoms with Gasteiger partial charge in [-0.3, -0.25) is 14.6 Å². The van der Waals surface area contributed by atoms with Gasteiger partial charge in [-0.2, -0.15) is 0 Å². The second kappa shape index (κ2) is 6.03. The first-order chi connectivity index (χ1) is 9.49. The van der Waals surface area contributed by atoms with Gasteiger partial charge in [0.15, 0.2) is 0 Å². The van der Waals surface area contributed by atoms with Crippen molar-refractivity contribution in [3.63, 3.8) is 0 Å². The Balaban J connectivity index is 2.02. The maximum absolute atomic E-state index is 12.2. The smallest absolute Gasteiger partial charge is 0.270 e. The minimum Gasteiger partial charge on any atom is -0.366 e. The first-order valence-electron chi connectivity index (χ1n) is 7.05. The van der Waals surface area contributed by atoms with Crippen LogP contribution in [0.3, 0.4) is 0 Å². The number of nitrogens with zero attached hydrogens (tertiary/aromatic N) is 1. The number of pyridine rings is 1. The van der Waals surface area contributed by atoms with Crippen LogP contribution in [0.15, 0.2) is 18.3 Å². The highest BCUT2D eigenvalue weighted by molar-refractivity contribution is 5.95. The first kappa shape index (κ1) is 14.5. The summed E-state index contributed by atoms with van der Waals surface area (Å²) in [5.41, 5.74) is 5.77. The van der Waals surface area contributed by atoms with Crippen LogP contribution in [0, 0.1) is 11.8 Å². The van der Waals surface area contributed by atoms with Gasteiger partial charge in [0.1, 0.15) is 5.69 Å². The van der Waals surface area contributed by atoms with Crippen molar-refractivity contribution in [2.45, 2.75) is 39.2 Å². The minimum absolute atomic E-state index is 0.188. The third kappa shape index (κ3) is 3.15. The van der Waals surface area contributed by atoms with E-state index in [4.69, 9.17) is 5.73 Å².